The number of hydrogen-bond donors (Lipinski definition) is 2. The van der Waals surface area contributed by atoms with Gasteiger partial charge in [-0.05, 0) is 37.6 Å². The first kappa shape index (κ1) is 14.8. The summed E-state index contributed by atoms with van der Waals surface area (Å²) in [5.41, 5.74) is 1.76. The van der Waals surface area contributed by atoms with Crippen LogP contribution in [0.25, 0.3) is 0 Å². The van der Waals surface area contributed by atoms with Crippen molar-refractivity contribution in [3.05, 3.63) is 23.8 Å². The van der Waals surface area contributed by atoms with Crippen molar-refractivity contribution >= 4 is 38.9 Å². The molecule has 1 aromatic rings. The molecule has 0 fully saturated rings. The molecular weight excluding hydrogens is 276 g/mol. The maximum absolute atomic E-state index is 11.4. The topological polar surface area (TPSA) is 75.3 Å². The van der Waals surface area contributed by atoms with Crippen LogP contribution in [0, 0.1) is 6.92 Å². The van der Waals surface area contributed by atoms with E-state index in [-0.39, 0.29) is 5.91 Å². The number of sulfonamides is 1. The first-order chi connectivity index (χ1) is 8.19. The number of nitrogens with one attached hydrogen (secondary N) is 2. The molecule has 1 rings (SSSR count). The lowest BCUT2D eigenvalue weighted by atomic mass is 10.2. The van der Waals surface area contributed by atoms with Crippen molar-refractivity contribution < 1.29 is 13.2 Å². The monoisotopic (exact) mass is 290 g/mol. The Labute approximate surface area is 112 Å². The molecule has 7 heteroatoms. The van der Waals surface area contributed by atoms with Gasteiger partial charge < -0.3 is 5.32 Å². The molecule has 1 aromatic carbocycles. The van der Waals surface area contributed by atoms with Gasteiger partial charge in [-0.25, -0.2) is 8.42 Å². The highest BCUT2D eigenvalue weighted by Gasteiger charge is 2.10. The molecule has 1 atom stereocenters. The molecule has 0 aliphatic rings. The summed E-state index contributed by atoms with van der Waals surface area (Å²) in [5, 5.41) is 2.00. The Hall–Kier alpha value is -1.27. The standard InChI is InChI=1S/C11H15ClN2O3S/c1-7-6-9(13-11(15)8(2)12)4-5-10(7)14-18(3,16)17/h4-6,8,14H,1-3H3,(H,13,15). The molecule has 1 unspecified atom stereocenters. The molecule has 0 heterocycles. The Bertz CT molecular complexity index is 555. The molecule has 2 N–H and O–H groups in total. The molecule has 18 heavy (non-hydrogen) atoms. The minimum atomic E-state index is -3.31. The molecule has 0 saturated heterocycles. The number of hydrogen-bond acceptors (Lipinski definition) is 3. The lowest BCUT2D eigenvalue weighted by Crippen LogP contribution is -2.20. The summed E-state index contributed by atoms with van der Waals surface area (Å²) in [5.74, 6) is -0.306. The van der Waals surface area contributed by atoms with Crippen molar-refractivity contribution in [2.45, 2.75) is 19.2 Å². The van der Waals surface area contributed by atoms with Crippen molar-refractivity contribution in [1.29, 1.82) is 0 Å². The number of benzene rings is 1. The van der Waals surface area contributed by atoms with Gasteiger partial charge in [0.05, 0.1) is 11.9 Å². The molecular formula is C11H15ClN2O3S. The van der Waals surface area contributed by atoms with Crippen LogP contribution in [0.15, 0.2) is 18.2 Å². The first-order valence-electron chi connectivity index (χ1n) is 5.22. The number of carbonyl (C=O) groups is 1. The molecule has 0 radical (unpaired) electrons. The zero-order chi connectivity index (χ0) is 13.9. The van der Waals surface area contributed by atoms with Gasteiger partial charge >= 0.3 is 0 Å². The number of amides is 1. The maximum atomic E-state index is 11.4. The number of alkyl halides is 1. The summed E-state index contributed by atoms with van der Waals surface area (Å²) in [6, 6.07) is 4.87. The maximum Gasteiger partial charge on any atom is 0.242 e. The Balaban J connectivity index is 2.89. The van der Waals surface area contributed by atoms with Gasteiger partial charge in [0.15, 0.2) is 0 Å². The summed E-state index contributed by atoms with van der Waals surface area (Å²) >= 11 is 5.63. The number of aryl methyl sites for hydroxylation is 1. The third-order valence-corrected chi connectivity index (χ3v) is 2.94. The average Bonchev–Trinajstić information content (AvgIpc) is 2.20. The van der Waals surface area contributed by atoms with Crippen LogP contribution >= 0.6 is 11.6 Å². The number of anilines is 2. The molecule has 0 spiro atoms. The minimum absolute atomic E-state index is 0.306. The SMILES string of the molecule is Cc1cc(NC(=O)C(C)Cl)ccc1NS(C)(=O)=O. The highest BCUT2D eigenvalue weighted by Crippen LogP contribution is 2.20. The van der Waals surface area contributed by atoms with Crippen molar-refractivity contribution in [2.24, 2.45) is 0 Å². The number of carbonyl (C=O) groups excluding carboxylic acids is 1. The van der Waals surface area contributed by atoms with E-state index in [2.05, 4.69) is 10.0 Å². The van der Waals surface area contributed by atoms with E-state index in [1.165, 1.54) is 0 Å². The lowest BCUT2D eigenvalue weighted by Gasteiger charge is -2.11. The third kappa shape index (κ3) is 4.54. The smallest absolute Gasteiger partial charge is 0.242 e. The second-order valence-electron chi connectivity index (χ2n) is 4.01. The summed E-state index contributed by atoms with van der Waals surface area (Å²) in [6.07, 6.45) is 1.08. The molecule has 0 aliphatic carbocycles. The zero-order valence-corrected chi connectivity index (χ0v) is 11.9. The molecule has 100 valence electrons. The Morgan fingerprint density at radius 2 is 2.00 bits per heavy atom. The molecule has 0 bridgehead atoms. The fourth-order valence-electron chi connectivity index (χ4n) is 1.30. The summed E-state index contributed by atoms with van der Waals surface area (Å²) in [4.78, 5) is 11.4. The van der Waals surface area contributed by atoms with Gasteiger partial charge in [-0.15, -0.1) is 11.6 Å². The van der Waals surface area contributed by atoms with Gasteiger partial charge in [0.2, 0.25) is 15.9 Å². The molecule has 1 amide bonds. The minimum Gasteiger partial charge on any atom is -0.325 e. The van der Waals surface area contributed by atoms with Gasteiger partial charge in [-0.3, -0.25) is 9.52 Å². The summed E-state index contributed by atoms with van der Waals surface area (Å²) < 4.78 is 24.6. The van der Waals surface area contributed by atoms with Crippen LogP contribution < -0.4 is 10.0 Å². The summed E-state index contributed by atoms with van der Waals surface area (Å²) in [6.45, 7) is 3.32. The predicted molar refractivity (Wildman–Crippen MR) is 73.6 cm³/mol. The van der Waals surface area contributed by atoms with E-state index >= 15 is 0 Å². The summed E-state index contributed by atoms with van der Waals surface area (Å²) in [7, 11) is -3.31. The van der Waals surface area contributed by atoms with Gasteiger partial charge in [0, 0.05) is 5.69 Å². The Morgan fingerprint density at radius 1 is 1.39 bits per heavy atom. The van der Waals surface area contributed by atoms with Crippen molar-refractivity contribution in [2.75, 3.05) is 16.3 Å². The van der Waals surface area contributed by atoms with E-state index in [1.54, 1.807) is 32.0 Å². The molecule has 0 aromatic heterocycles. The van der Waals surface area contributed by atoms with Crippen LogP contribution in [0.3, 0.4) is 0 Å². The van der Waals surface area contributed by atoms with E-state index in [0.717, 1.165) is 6.26 Å². The van der Waals surface area contributed by atoms with Gasteiger partial charge in [0.1, 0.15) is 5.38 Å². The van der Waals surface area contributed by atoms with Crippen LogP contribution in [0.5, 0.6) is 0 Å². The van der Waals surface area contributed by atoms with E-state index in [4.69, 9.17) is 11.6 Å². The largest absolute Gasteiger partial charge is 0.325 e. The molecule has 0 saturated carbocycles. The average molecular weight is 291 g/mol. The van der Waals surface area contributed by atoms with E-state index < -0.39 is 15.4 Å². The van der Waals surface area contributed by atoms with Crippen LogP contribution in [0.1, 0.15) is 12.5 Å². The number of rotatable bonds is 4. The Kier molecular flexibility index (Phi) is 4.59. The van der Waals surface area contributed by atoms with Crippen molar-refractivity contribution in [3.8, 4) is 0 Å². The highest BCUT2D eigenvalue weighted by atomic mass is 35.5. The fraction of sp³-hybridized carbons (Fsp3) is 0.364. The third-order valence-electron chi connectivity index (χ3n) is 2.15. The molecule has 5 nitrogen and oxygen atoms in total. The fourth-order valence-corrected chi connectivity index (χ4v) is 1.98. The Morgan fingerprint density at radius 3 is 2.44 bits per heavy atom. The van der Waals surface area contributed by atoms with Crippen LogP contribution in [0.2, 0.25) is 0 Å². The van der Waals surface area contributed by atoms with Gasteiger partial charge in [-0.2, -0.15) is 0 Å². The lowest BCUT2D eigenvalue weighted by molar-refractivity contribution is -0.115. The quantitative estimate of drug-likeness (QED) is 0.832. The number of halogens is 1. The first-order valence-corrected chi connectivity index (χ1v) is 7.55. The van der Waals surface area contributed by atoms with E-state index in [1.807, 2.05) is 0 Å². The van der Waals surface area contributed by atoms with Gasteiger partial charge in [0.25, 0.3) is 0 Å². The second kappa shape index (κ2) is 5.58. The predicted octanol–water partition coefficient (Wildman–Crippen LogP) is 1.93. The zero-order valence-electron chi connectivity index (χ0n) is 10.3. The van der Waals surface area contributed by atoms with Crippen molar-refractivity contribution in [3.63, 3.8) is 0 Å². The molecule has 0 aliphatic heterocycles. The second-order valence-corrected chi connectivity index (χ2v) is 6.41. The van der Waals surface area contributed by atoms with E-state index in [9.17, 15) is 13.2 Å². The van der Waals surface area contributed by atoms with Crippen molar-refractivity contribution in [1.82, 2.24) is 0 Å². The van der Waals surface area contributed by atoms with Crippen LogP contribution in [-0.2, 0) is 14.8 Å². The normalized spacial score (nSPS) is 12.9. The highest BCUT2D eigenvalue weighted by molar-refractivity contribution is 7.92. The van der Waals surface area contributed by atoms with E-state index in [0.29, 0.717) is 16.9 Å². The van der Waals surface area contributed by atoms with Gasteiger partial charge in [-0.1, -0.05) is 0 Å². The van der Waals surface area contributed by atoms with Crippen LogP contribution in [-0.4, -0.2) is 26.0 Å². The van der Waals surface area contributed by atoms with Crippen LogP contribution in [0.4, 0.5) is 11.4 Å².